The summed E-state index contributed by atoms with van der Waals surface area (Å²) in [5.41, 5.74) is 5.77. The minimum atomic E-state index is -0.687. The predicted octanol–water partition coefficient (Wildman–Crippen LogP) is 2.91. The Balaban J connectivity index is 2.28. The molecule has 0 saturated heterocycles. The Morgan fingerprint density at radius 2 is 2.18 bits per heavy atom. The molecule has 0 bridgehead atoms. The van der Waals surface area contributed by atoms with Gasteiger partial charge in [0.15, 0.2) is 0 Å². The number of amides is 1. The average Bonchev–Trinajstić information content (AvgIpc) is 2.97. The summed E-state index contributed by atoms with van der Waals surface area (Å²) in [6.07, 6.45) is 2.07. The summed E-state index contributed by atoms with van der Waals surface area (Å²) in [5.74, 6) is -0.294. The number of halogens is 1. The van der Waals surface area contributed by atoms with E-state index in [1.54, 1.807) is 0 Å². The van der Waals surface area contributed by atoms with Gasteiger partial charge in [-0.3, -0.25) is 4.79 Å². The standard InChI is InChI=1S/C13H17BrN2O/c1-12(6-7-12)13(2,11(15)17)16-10-5-3-4-9(14)8-10/h3-5,8,16H,6-7H2,1-2H3,(H2,15,17). The van der Waals surface area contributed by atoms with Gasteiger partial charge in [-0.05, 0) is 43.4 Å². The number of benzene rings is 1. The molecule has 0 heterocycles. The summed E-state index contributed by atoms with van der Waals surface area (Å²) in [6.45, 7) is 3.99. The van der Waals surface area contributed by atoms with Gasteiger partial charge >= 0.3 is 0 Å². The molecule has 0 spiro atoms. The molecule has 1 saturated carbocycles. The van der Waals surface area contributed by atoms with Crippen molar-refractivity contribution < 1.29 is 4.79 Å². The van der Waals surface area contributed by atoms with Crippen LogP contribution in [0.15, 0.2) is 28.7 Å². The van der Waals surface area contributed by atoms with Gasteiger partial charge in [-0.25, -0.2) is 0 Å². The molecule has 1 aromatic carbocycles. The Kier molecular flexibility index (Phi) is 2.94. The Labute approximate surface area is 110 Å². The van der Waals surface area contributed by atoms with E-state index in [4.69, 9.17) is 5.73 Å². The van der Waals surface area contributed by atoms with Crippen LogP contribution in [0.5, 0.6) is 0 Å². The van der Waals surface area contributed by atoms with Gasteiger partial charge in [0.2, 0.25) is 5.91 Å². The second-order valence-electron chi connectivity index (χ2n) is 5.19. The number of hydrogen-bond acceptors (Lipinski definition) is 2. The zero-order chi connectivity index (χ0) is 12.7. The highest BCUT2D eigenvalue weighted by atomic mass is 79.9. The SMILES string of the molecule is CC1(C(C)(Nc2cccc(Br)c2)C(N)=O)CC1. The van der Waals surface area contributed by atoms with Crippen LogP contribution in [-0.2, 0) is 4.79 Å². The van der Waals surface area contributed by atoms with Crippen LogP contribution in [-0.4, -0.2) is 11.4 Å². The molecule has 3 nitrogen and oxygen atoms in total. The molecule has 0 aromatic heterocycles. The third-order valence-electron chi connectivity index (χ3n) is 3.92. The van der Waals surface area contributed by atoms with Crippen LogP contribution >= 0.6 is 15.9 Å². The molecule has 1 aromatic rings. The van der Waals surface area contributed by atoms with Gasteiger partial charge in [-0.15, -0.1) is 0 Å². The van der Waals surface area contributed by atoms with E-state index in [1.165, 1.54) is 0 Å². The number of nitrogens with one attached hydrogen (secondary N) is 1. The highest BCUT2D eigenvalue weighted by Crippen LogP contribution is 2.54. The molecule has 92 valence electrons. The lowest BCUT2D eigenvalue weighted by molar-refractivity contribution is -0.123. The van der Waals surface area contributed by atoms with Crippen LogP contribution in [0.4, 0.5) is 5.69 Å². The Morgan fingerprint density at radius 3 is 2.65 bits per heavy atom. The minimum absolute atomic E-state index is 0.0266. The van der Waals surface area contributed by atoms with Crippen molar-refractivity contribution in [2.75, 3.05) is 5.32 Å². The Bertz CT molecular complexity index is 456. The fourth-order valence-corrected chi connectivity index (χ4v) is 2.45. The van der Waals surface area contributed by atoms with Crippen LogP contribution in [0.1, 0.15) is 26.7 Å². The molecule has 2 rings (SSSR count). The van der Waals surface area contributed by atoms with E-state index in [1.807, 2.05) is 31.2 Å². The van der Waals surface area contributed by atoms with Gasteiger partial charge in [0.05, 0.1) is 0 Å². The number of carbonyl (C=O) groups excluding carboxylic acids is 1. The number of anilines is 1. The number of rotatable bonds is 4. The lowest BCUT2D eigenvalue weighted by Crippen LogP contribution is -2.54. The maximum atomic E-state index is 11.7. The minimum Gasteiger partial charge on any atom is -0.371 e. The normalized spacial score (nSPS) is 20.4. The highest BCUT2D eigenvalue weighted by molar-refractivity contribution is 9.10. The van der Waals surface area contributed by atoms with Crippen LogP contribution in [0.3, 0.4) is 0 Å². The van der Waals surface area contributed by atoms with Gasteiger partial charge in [0.25, 0.3) is 0 Å². The second-order valence-corrected chi connectivity index (χ2v) is 6.10. The lowest BCUT2D eigenvalue weighted by Gasteiger charge is -2.35. The maximum absolute atomic E-state index is 11.7. The van der Waals surface area contributed by atoms with E-state index in [0.29, 0.717) is 0 Å². The predicted molar refractivity (Wildman–Crippen MR) is 72.7 cm³/mol. The molecule has 1 fully saturated rings. The van der Waals surface area contributed by atoms with E-state index >= 15 is 0 Å². The third-order valence-corrected chi connectivity index (χ3v) is 4.41. The average molecular weight is 297 g/mol. The van der Waals surface area contributed by atoms with Crippen LogP contribution in [0.2, 0.25) is 0 Å². The summed E-state index contributed by atoms with van der Waals surface area (Å²) >= 11 is 3.42. The van der Waals surface area contributed by atoms with Gasteiger partial charge in [0.1, 0.15) is 5.54 Å². The lowest BCUT2D eigenvalue weighted by atomic mass is 9.83. The van der Waals surface area contributed by atoms with Gasteiger partial charge in [0, 0.05) is 10.2 Å². The molecule has 0 aliphatic heterocycles. The molecule has 1 atom stereocenters. The molecular weight excluding hydrogens is 280 g/mol. The topological polar surface area (TPSA) is 55.1 Å². The first-order valence-corrected chi connectivity index (χ1v) is 6.50. The fraction of sp³-hybridized carbons (Fsp3) is 0.462. The Morgan fingerprint density at radius 1 is 1.53 bits per heavy atom. The van der Waals surface area contributed by atoms with Crippen LogP contribution in [0.25, 0.3) is 0 Å². The van der Waals surface area contributed by atoms with Crippen molar-refractivity contribution in [1.29, 1.82) is 0 Å². The van der Waals surface area contributed by atoms with Crippen molar-refractivity contribution in [3.63, 3.8) is 0 Å². The molecule has 3 N–H and O–H groups in total. The molecule has 17 heavy (non-hydrogen) atoms. The highest BCUT2D eigenvalue weighted by Gasteiger charge is 2.56. The molecule has 0 radical (unpaired) electrons. The van der Waals surface area contributed by atoms with Gasteiger partial charge in [-0.1, -0.05) is 28.9 Å². The molecule has 1 amide bonds. The Hall–Kier alpha value is -1.03. The molecule has 1 aliphatic rings. The molecule has 4 heteroatoms. The smallest absolute Gasteiger partial charge is 0.243 e. The number of nitrogens with two attached hydrogens (primary N) is 1. The van der Waals surface area contributed by atoms with Crippen LogP contribution < -0.4 is 11.1 Å². The van der Waals surface area contributed by atoms with Crippen molar-refractivity contribution in [1.82, 2.24) is 0 Å². The molecule has 1 aliphatic carbocycles. The van der Waals surface area contributed by atoms with Gasteiger partial charge < -0.3 is 11.1 Å². The van der Waals surface area contributed by atoms with Crippen LogP contribution in [0, 0.1) is 5.41 Å². The third kappa shape index (κ3) is 2.18. The van der Waals surface area contributed by atoms with Crippen molar-refractivity contribution in [2.45, 2.75) is 32.2 Å². The quantitative estimate of drug-likeness (QED) is 0.898. The summed E-state index contributed by atoms with van der Waals surface area (Å²) in [7, 11) is 0. The summed E-state index contributed by atoms with van der Waals surface area (Å²) in [4.78, 5) is 11.7. The van der Waals surface area contributed by atoms with Crippen molar-refractivity contribution >= 4 is 27.5 Å². The van der Waals surface area contributed by atoms with E-state index < -0.39 is 5.54 Å². The fourth-order valence-electron chi connectivity index (χ4n) is 2.05. The van der Waals surface area contributed by atoms with E-state index in [0.717, 1.165) is 23.0 Å². The van der Waals surface area contributed by atoms with Crippen molar-refractivity contribution in [2.24, 2.45) is 11.1 Å². The zero-order valence-corrected chi connectivity index (χ0v) is 11.7. The number of primary amides is 1. The van der Waals surface area contributed by atoms with Crippen molar-refractivity contribution in [3.05, 3.63) is 28.7 Å². The van der Waals surface area contributed by atoms with E-state index in [-0.39, 0.29) is 11.3 Å². The monoisotopic (exact) mass is 296 g/mol. The first-order chi connectivity index (χ1) is 7.87. The first-order valence-electron chi connectivity index (χ1n) is 5.71. The molecular formula is C13H17BrN2O. The second kappa shape index (κ2) is 4.02. The number of hydrogen-bond donors (Lipinski definition) is 2. The zero-order valence-electron chi connectivity index (χ0n) is 10.1. The molecule has 1 unspecified atom stereocenters. The largest absolute Gasteiger partial charge is 0.371 e. The summed E-state index contributed by atoms with van der Waals surface area (Å²) in [5, 5.41) is 3.29. The first kappa shape index (κ1) is 12.4. The number of carbonyl (C=O) groups is 1. The van der Waals surface area contributed by atoms with Crippen molar-refractivity contribution in [3.8, 4) is 0 Å². The van der Waals surface area contributed by atoms with Gasteiger partial charge in [-0.2, -0.15) is 0 Å². The maximum Gasteiger partial charge on any atom is 0.243 e. The summed E-state index contributed by atoms with van der Waals surface area (Å²) in [6, 6.07) is 7.78. The van der Waals surface area contributed by atoms with E-state index in [9.17, 15) is 4.79 Å². The van der Waals surface area contributed by atoms with E-state index in [2.05, 4.69) is 28.2 Å². The summed E-state index contributed by atoms with van der Waals surface area (Å²) < 4.78 is 0.982.